The number of nitrogens with one attached hydrogen (secondary N) is 1. The van der Waals surface area contributed by atoms with Gasteiger partial charge in [0.05, 0.1) is 23.7 Å². The second-order valence-corrected chi connectivity index (χ2v) is 8.37. The van der Waals surface area contributed by atoms with Crippen molar-refractivity contribution in [2.75, 3.05) is 24.6 Å². The highest BCUT2D eigenvalue weighted by molar-refractivity contribution is 7.91. The van der Waals surface area contributed by atoms with Gasteiger partial charge in [-0.25, -0.2) is 8.42 Å². The zero-order valence-electron chi connectivity index (χ0n) is 11.3. The highest BCUT2D eigenvalue weighted by Gasteiger charge is 2.44. The van der Waals surface area contributed by atoms with Gasteiger partial charge in [0, 0.05) is 12.1 Å². The van der Waals surface area contributed by atoms with Crippen molar-refractivity contribution in [1.82, 2.24) is 10.2 Å². The summed E-state index contributed by atoms with van der Waals surface area (Å²) < 4.78 is 23.4. The zero-order chi connectivity index (χ0) is 13.5. The summed E-state index contributed by atoms with van der Waals surface area (Å²) in [6, 6.07) is 0.706. The molecule has 5 nitrogen and oxygen atoms in total. The van der Waals surface area contributed by atoms with E-state index in [1.54, 1.807) is 0 Å². The second kappa shape index (κ2) is 5.31. The third kappa shape index (κ3) is 2.82. The molecule has 3 aliphatic heterocycles. The number of hydrogen-bond donors (Lipinski definition) is 2. The summed E-state index contributed by atoms with van der Waals surface area (Å²) in [4.78, 5) is 2.29. The van der Waals surface area contributed by atoms with Crippen molar-refractivity contribution in [3.8, 4) is 0 Å². The molecule has 0 spiro atoms. The van der Waals surface area contributed by atoms with E-state index in [2.05, 4.69) is 10.2 Å². The lowest BCUT2D eigenvalue weighted by atomic mass is 9.92. The van der Waals surface area contributed by atoms with Crippen LogP contribution in [-0.4, -0.2) is 67.2 Å². The van der Waals surface area contributed by atoms with Crippen LogP contribution in [0.3, 0.4) is 0 Å². The maximum absolute atomic E-state index is 11.7. The first-order valence-electron chi connectivity index (χ1n) is 7.44. The van der Waals surface area contributed by atoms with Crippen molar-refractivity contribution in [2.24, 2.45) is 0 Å². The van der Waals surface area contributed by atoms with Crippen molar-refractivity contribution in [3.05, 3.63) is 0 Å². The number of aliphatic hydroxyl groups excluding tert-OH is 1. The molecule has 0 amide bonds. The van der Waals surface area contributed by atoms with Crippen LogP contribution < -0.4 is 5.32 Å². The molecule has 0 aromatic rings. The average Bonchev–Trinajstić information content (AvgIpc) is 2.97. The smallest absolute Gasteiger partial charge is 0.154 e. The summed E-state index contributed by atoms with van der Waals surface area (Å²) in [7, 11) is -3.05. The Kier molecular flexibility index (Phi) is 3.86. The molecule has 19 heavy (non-hydrogen) atoms. The minimum atomic E-state index is -3.05. The molecule has 2 N–H and O–H groups in total. The van der Waals surface area contributed by atoms with Crippen LogP contribution in [0.25, 0.3) is 0 Å². The summed E-state index contributed by atoms with van der Waals surface area (Å²) >= 11 is 0. The van der Waals surface area contributed by atoms with Crippen molar-refractivity contribution in [2.45, 2.75) is 56.3 Å². The van der Waals surface area contributed by atoms with Gasteiger partial charge in [0.1, 0.15) is 0 Å². The molecule has 4 unspecified atom stereocenters. The fourth-order valence-corrected chi connectivity index (χ4v) is 5.80. The second-order valence-electron chi connectivity index (χ2n) is 6.22. The lowest BCUT2D eigenvalue weighted by Gasteiger charge is -2.43. The Bertz CT molecular complexity index is 420. The van der Waals surface area contributed by atoms with Gasteiger partial charge in [-0.05, 0) is 38.8 Å². The van der Waals surface area contributed by atoms with Gasteiger partial charge in [-0.3, -0.25) is 4.90 Å². The van der Waals surface area contributed by atoms with E-state index in [1.165, 1.54) is 19.3 Å². The fraction of sp³-hybridized carbons (Fsp3) is 1.00. The molecule has 0 bridgehead atoms. The molecule has 3 rings (SSSR count). The summed E-state index contributed by atoms with van der Waals surface area (Å²) in [5, 5.41) is 13.6. The summed E-state index contributed by atoms with van der Waals surface area (Å²) in [5.41, 5.74) is 0. The monoisotopic (exact) mass is 288 g/mol. The van der Waals surface area contributed by atoms with Gasteiger partial charge in [-0.1, -0.05) is 6.42 Å². The largest absolute Gasteiger partial charge is 0.390 e. The molecule has 0 aliphatic carbocycles. The van der Waals surface area contributed by atoms with E-state index in [0.717, 1.165) is 25.9 Å². The van der Waals surface area contributed by atoms with Crippen molar-refractivity contribution >= 4 is 9.84 Å². The van der Waals surface area contributed by atoms with Crippen LogP contribution in [0.1, 0.15) is 32.1 Å². The minimum absolute atomic E-state index is 0.0566. The maximum atomic E-state index is 11.7. The highest BCUT2D eigenvalue weighted by atomic mass is 32.2. The maximum Gasteiger partial charge on any atom is 0.154 e. The van der Waals surface area contributed by atoms with Crippen LogP contribution >= 0.6 is 0 Å². The van der Waals surface area contributed by atoms with Gasteiger partial charge in [0.2, 0.25) is 0 Å². The lowest BCUT2D eigenvalue weighted by molar-refractivity contribution is 0.0229. The van der Waals surface area contributed by atoms with E-state index in [0.29, 0.717) is 12.1 Å². The van der Waals surface area contributed by atoms with E-state index in [4.69, 9.17) is 0 Å². The van der Waals surface area contributed by atoms with E-state index in [9.17, 15) is 13.5 Å². The van der Waals surface area contributed by atoms with Crippen molar-refractivity contribution in [1.29, 1.82) is 0 Å². The molecule has 4 atom stereocenters. The fourth-order valence-electron chi connectivity index (χ4n) is 3.99. The molecule has 0 aromatic carbocycles. The highest BCUT2D eigenvalue weighted by Crippen LogP contribution is 2.30. The quantitative estimate of drug-likeness (QED) is 0.733. The van der Waals surface area contributed by atoms with Crippen LogP contribution in [-0.2, 0) is 9.84 Å². The Balaban J connectivity index is 1.76. The number of aliphatic hydroxyl groups is 1. The van der Waals surface area contributed by atoms with E-state index in [1.807, 2.05) is 0 Å². The van der Waals surface area contributed by atoms with Gasteiger partial charge in [0.25, 0.3) is 0 Å². The first-order chi connectivity index (χ1) is 9.07. The molecule has 3 fully saturated rings. The molecular weight excluding hydrogens is 264 g/mol. The molecule has 3 heterocycles. The number of hydrogen-bond acceptors (Lipinski definition) is 5. The lowest BCUT2D eigenvalue weighted by Crippen LogP contribution is -2.57. The first-order valence-corrected chi connectivity index (χ1v) is 9.26. The predicted molar refractivity (Wildman–Crippen MR) is 73.8 cm³/mol. The Labute approximate surface area is 115 Å². The van der Waals surface area contributed by atoms with Crippen molar-refractivity contribution < 1.29 is 13.5 Å². The van der Waals surface area contributed by atoms with Crippen molar-refractivity contribution in [3.63, 3.8) is 0 Å². The molecule has 0 radical (unpaired) electrons. The molecule has 3 aliphatic rings. The van der Waals surface area contributed by atoms with Crippen LogP contribution in [0.15, 0.2) is 0 Å². The molecular formula is C13H24N2O3S. The number of sulfone groups is 1. The summed E-state index contributed by atoms with van der Waals surface area (Å²) in [6.45, 7) is 2.00. The van der Waals surface area contributed by atoms with Gasteiger partial charge < -0.3 is 10.4 Å². The van der Waals surface area contributed by atoms with Crippen LogP contribution in [0.2, 0.25) is 0 Å². The number of rotatable bonds is 2. The van der Waals surface area contributed by atoms with Crippen LogP contribution in [0, 0.1) is 0 Å². The third-order valence-electron chi connectivity index (χ3n) is 4.87. The van der Waals surface area contributed by atoms with Gasteiger partial charge in [-0.2, -0.15) is 0 Å². The Morgan fingerprint density at radius 3 is 2.53 bits per heavy atom. The molecule has 0 aromatic heterocycles. The van der Waals surface area contributed by atoms with Crippen LogP contribution in [0.4, 0.5) is 0 Å². The molecule has 110 valence electrons. The minimum Gasteiger partial charge on any atom is -0.390 e. The Morgan fingerprint density at radius 2 is 1.89 bits per heavy atom. The topological polar surface area (TPSA) is 69.6 Å². The van der Waals surface area contributed by atoms with Gasteiger partial charge >= 0.3 is 0 Å². The Hall–Kier alpha value is -0.170. The van der Waals surface area contributed by atoms with Gasteiger partial charge in [0.15, 0.2) is 9.84 Å². The number of nitrogens with zero attached hydrogens (tertiary/aromatic N) is 1. The van der Waals surface area contributed by atoms with E-state index < -0.39 is 15.9 Å². The molecule has 3 saturated heterocycles. The molecule has 6 heteroatoms. The average molecular weight is 288 g/mol. The normalized spacial score (nSPS) is 43.6. The van der Waals surface area contributed by atoms with Crippen LogP contribution in [0.5, 0.6) is 0 Å². The van der Waals surface area contributed by atoms with E-state index in [-0.39, 0.29) is 17.5 Å². The molecule has 0 saturated carbocycles. The standard InChI is InChI=1S/C13H24N2O3S/c16-13-9-19(17,18)8-12(13)15-7-2-1-5-11(15)10-4-3-6-14-10/h10-14,16H,1-9H2. The summed E-state index contributed by atoms with van der Waals surface area (Å²) in [6.07, 6.45) is 5.14. The first kappa shape index (κ1) is 13.8. The summed E-state index contributed by atoms with van der Waals surface area (Å²) in [5.74, 6) is 0.0797. The zero-order valence-corrected chi connectivity index (χ0v) is 12.1. The third-order valence-corrected chi connectivity index (χ3v) is 6.57. The number of likely N-dealkylation sites (tertiary alicyclic amines) is 1. The SMILES string of the molecule is O=S1(=O)CC(O)C(N2CCCCC2C2CCCN2)C1. The predicted octanol–water partition coefficient (Wildman–Crippen LogP) is -0.249. The Morgan fingerprint density at radius 1 is 1.05 bits per heavy atom. The van der Waals surface area contributed by atoms with Gasteiger partial charge in [-0.15, -0.1) is 0 Å². The van der Waals surface area contributed by atoms with E-state index >= 15 is 0 Å². The number of piperidine rings is 1.